The molecule has 0 bridgehead atoms. The number of carbonyl (C=O) groups excluding carboxylic acids is 3. The molecule has 334 valence electrons. The van der Waals surface area contributed by atoms with Gasteiger partial charge in [0.1, 0.15) is 29.0 Å². The van der Waals surface area contributed by atoms with Crippen LogP contribution >= 0.6 is 0 Å². The number of carboxylic acid groups (broad SMARTS) is 1. The third kappa shape index (κ3) is 8.35. The van der Waals surface area contributed by atoms with Crippen LogP contribution in [0.1, 0.15) is 110 Å². The lowest BCUT2D eigenvalue weighted by Gasteiger charge is -2.44. The van der Waals surface area contributed by atoms with Crippen molar-refractivity contribution in [3.63, 3.8) is 0 Å². The molecule has 1 spiro atoms. The fourth-order valence-corrected chi connectivity index (χ4v) is 10.6. The summed E-state index contributed by atoms with van der Waals surface area (Å²) in [5.41, 5.74) is -8.09. The number of allylic oxidation sites excluding steroid dienone is 1. The molecule has 5 aliphatic rings. The maximum absolute atomic E-state index is 15.1. The highest BCUT2D eigenvalue weighted by Gasteiger charge is 2.65. The molecule has 1 aromatic heterocycles. The molecule has 4 amide bonds. The maximum Gasteiger partial charge on any atom is 0.437 e. The molecule has 3 aliphatic heterocycles. The van der Waals surface area contributed by atoms with Gasteiger partial charge in [0.25, 0.3) is 5.91 Å². The quantitative estimate of drug-likeness (QED) is 0.271. The standard InChI is InChI=1S/C42H54F3N5O10S/c1-37(2,3)22-50(36(54)55)28-13-11-9-7-8-10-12-24-19-41(24,35(53)48-61(57,58)38(4)16-17-38)47-33(51)29-20-40(23-49(29)34(28)52)21-39(5,56)30-26-18-25(59-6)14-15-27(26)46-32(31(30)60-40)42(43,44)45/h10,12,14-15,18,24,28-29,56H,7-9,11,13,16-17,19-23H2,1-6H3,(H,47,51)(H,48,53)(H,54,55)/b12-10-/t24-,28+,29+,39-,40+,41-/m1/s1. The van der Waals surface area contributed by atoms with E-state index in [1.54, 1.807) is 26.8 Å². The maximum atomic E-state index is 15.1. The molecule has 4 N–H and O–H groups in total. The minimum absolute atomic E-state index is 0.0237. The van der Waals surface area contributed by atoms with Gasteiger partial charge in [0.2, 0.25) is 21.8 Å². The smallest absolute Gasteiger partial charge is 0.437 e. The monoisotopic (exact) mass is 877 g/mol. The number of hydrogen-bond acceptors (Lipinski definition) is 10. The van der Waals surface area contributed by atoms with Crippen LogP contribution in [0.5, 0.6) is 11.5 Å². The number of alkyl halides is 3. The number of nitrogens with zero attached hydrogens (tertiary/aromatic N) is 3. The fourth-order valence-electron chi connectivity index (χ4n) is 9.29. The van der Waals surface area contributed by atoms with E-state index in [0.29, 0.717) is 38.5 Å². The zero-order chi connectivity index (χ0) is 44.7. The van der Waals surface area contributed by atoms with Crippen molar-refractivity contribution < 1.29 is 60.5 Å². The van der Waals surface area contributed by atoms with Gasteiger partial charge in [-0.05, 0) is 76.0 Å². The predicted molar refractivity (Wildman–Crippen MR) is 215 cm³/mol. The summed E-state index contributed by atoms with van der Waals surface area (Å²) in [5.74, 6) is -3.85. The first-order valence-corrected chi connectivity index (χ1v) is 22.1. The molecule has 1 saturated heterocycles. The number of amides is 4. The van der Waals surface area contributed by atoms with Crippen molar-refractivity contribution >= 4 is 44.7 Å². The molecule has 2 aliphatic carbocycles. The molecule has 2 aromatic rings. The Bertz CT molecular complexity index is 2290. The number of aromatic nitrogens is 1. The van der Waals surface area contributed by atoms with Gasteiger partial charge in [0.05, 0.1) is 29.5 Å². The van der Waals surface area contributed by atoms with Gasteiger partial charge in [-0.1, -0.05) is 45.8 Å². The van der Waals surface area contributed by atoms with Crippen LogP contribution in [0.15, 0.2) is 30.4 Å². The number of benzene rings is 1. The van der Waals surface area contributed by atoms with Crippen molar-refractivity contribution in [2.75, 3.05) is 20.2 Å². The van der Waals surface area contributed by atoms with E-state index in [0.717, 1.165) is 9.80 Å². The summed E-state index contributed by atoms with van der Waals surface area (Å²) in [6, 6.07) is 1.28. The summed E-state index contributed by atoms with van der Waals surface area (Å²) < 4.78 is 84.1. The molecule has 3 fully saturated rings. The molecule has 4 heterocycles. The number of hydrogen-bond donors (Lipinski definition) is 4. The van der Waals surface area contributed by atoms with Gasteiger partial charge in [-0.2, -0.15) is 13.2 Å². The van der Waals surface area contributed by atoms with Crippen LogP contribution in [0.4, 0.5) is 18.0 Å². The summed E-state index contributed by atoms with van der Waals surface area (Å²) in [7, 11) is -2.78. The second-order valence-corrected chi connectivity index (χ2v) is 21.4. The van der Waals surface area contributed by atoms with Crippen molar-refractivity contribution in [1.29, 1.82) is 0 Å². The Morgan fingerprint density at radius 2 is 1.82 bits per heavy atom. The second kappa shape index (κ2) is 15.0. The van der Waals surface area contributed by atoms with E-state index in [1.165, 1.54) is 39.2 Å². The SMILES string of the molecule is COc1ccc2nc(C(F)(F)F)c3c(c2c1)[C@](C)(O)C[C@]1(C[C@H]2C(=O)N[C@]4(C(=O)NS(=O)(=O)C5(C)CC5)C[C@H]4/C=C\CCCCC[C@H](N(CC(C)(C)C)C(=O)O)C(=O)N2C1)O3. The topological polar surface area (TPSA) is 205 Å². The summed E-state index contributed by atoms with van der Waals surface area (Å²) in [6.07, 6.45) is -0.834. The largest absolute Gasteiger partial charge is 0.497 e. The Kier molecular flexibility index (Phi) is 10.9. The number of aliphatic hydroxyl groups is 1. The van der Waals surface area contributed by atoms with Crippen molar-refractivity contribution in [3.8, 4) is 11.5 Å². The van der Waals surface area contributed by atoms with E-state index in [2.05, 4.69) is 15.0 Å². The summed E-state index contributed by atoms with van der Waals surface area (Å²) >= 11 is 0. The lowest BCUT2D eigenvalue weighted by Crippen LogP contribution is -2.59. The van der Waals surface area contributed by atoms with Gasteiger partial charge in [-0.15, -0.1) is 0 Å². The van der Waals surface area contributed by atoms with Crippen LogP contribution < -0.4 is 19.5 Å². The minimum Gasteiger partial charge on any atom is -0.497 e. The molecule has 61 heavy (non-hydrogen) atoms. The minimum atomic E-state index is -5.09. The normalized spacial score (nSPS) is 30.7. The molecule has 0 radical (unpaired) electrons. The molecular weight excluding hydrogens is 824 g/mol. The van der Waals surface area contributed by atoms with E-state index in [4.69, 9.17) is 9.47 Å². The number of halogens is 3. The number of rotatable bonds is 6. The zero-order valence-electron chi connectivity index (χ0n) is 35.1. The average Bonchev–Trinajstić information content (AvgIpc) is 4.04. The molecule has 19 heteroatoms. The number of sulfonamides is 1. The average molecular weight is 878 g/mol. The van der Waals surface area contributed by atoms with Gasteiger partial charge in [0, 0.05) is 36.3 Å². The van der Waals surface area contributed by atoms with Crippen LogP contribution in [0.2, 0.25) is 0 Å². The summed E-state index contributed by atoms with van der Waals surface area (Å²) in [4.78, 5) is 62.9. The van der Waals surface area contributed by atoms with E-state index >= 15 is 4.79 Å². The van der Waals surface area contributed by atoms with Gasteiger partial charge in [0.15, 0.2) is 11.4 Å². The molecule has 1 aromatic carbocycles. The van der Waals surface area contributed by atoms with E-state index in [1.807, 2.05) is 6.08 Å². The fraction of sp³-hybridized carbons (Fsp3) is 0.643. The van der Waals surface area contributed by atoms with Gasteiger partial charge in [-0.25, -0.2) is 18.2 Å². The lowest BCUT2D eigenvalue weighted by molar-refractivity contribution is -0.147. The zero-order valence-corrected chi connectivity index (χ0v) is 36.0. The van der Waals surface area contributed by atoms with Crippen LogP contribution in [0.3, 0.4) is 0 Å². The Hall–Kier alpha value is -4.65. The van der Waals surface area contributed by atoms with Crippen molar-refractivity contribution in [2.24, 2.45) is 11.3 Å². The highest BCUT2D eigenvalue weighted by Crippen LogP contribution is 2.55. The third-order valence-electron chi connectivity index (χ3n) is 12.8. The van der Waals surface area contributed by atoms with Gasteiger partial charge >= 0.3 is 12.3 Å². The first kappa shape index (κ1) is 44.4. The Balaban J connectivity index is 1.35. The first-order valence-electron chi connectivity index (χ1n) is 20.6. The second-order valence-electron chi connectivity index (χ2n) is 19.2. The molecule has 6 atom stereocenters. The highest BCUT2D eigenvalue weighted by molar-refractivity contribution is 7.91. The van der Waals surface area contributed by atoms with Crippen molar-refractivity contribution in [3.05, 3.63) is 41.6 Å². The number of fused-ring (bicyclic) bond motifs is 5. The van der Waals surface area contributed by atoms with E-state index < -0.39 is 116 Å². The van der Waals surface area contributed by atoms with Crippen molar-refractivity contribution in [2.45, 2.75) is 139 Å². The number of ether oxygens (including phenoxy) is 2. The van der Waals surface area contributed by atoms with Crippen LogP contribution in [0.25, 0.3) is 10.9 Å². The summed E-state index contributed by atoms with van der Waals surface area (Å²) in [6.45, 7) is 7.59. The third-order valence-corrected chi connectivity index (χ3v) is 14.9. The molecule has 0 unspecified atom stereocenters. The predicted octanol–water partition coefficient (Wildman–Crippen LogP) is 5.38. The van der Waals surface area contributed by atoms with E-state index in [-0.39, 0.29) is 41.6 Å². The number of nitrogens with one attached hydrogen (secondary N) is 2. The Labute approximate surface area is 352 Å². The molecule has 2 saturated carbocycles. The van der Waals surface area contributed by atoms with Gasteiger partial charge < -0.3 is 29.9 Å². The lowest BCUT2D eigenvalue weighted by atomic mass is 9.77. The molecule has 15 nitrogen and oxygen atoms in total. The van der Waals surface area contributed by atoms with Crippen LogP contribution in [-0.2, 0) is 36.2 Å². The molecule has 7 rings (SSSR count). The van der Waals surface area contributed by atoms with Crippen molar-refractivity contribution in [1.82, 2.24) is 24.8 Å². The Morgan fingerprint density at radius 1 is 1.11 bits per heavy atom. The Morgan fingerprint density at radius 3 is 2.44 bits per heavy atom. The number of methoxy groups -OCH3 is 1. The highest BCUT2D eigenvalue weighted by atomic mass is 32.2. The van der Waals surface area contributed by atoms with Gasteiger partial charge in [-0.3, -0.25) is 24.0 Å². The van der Waals surface area contributed by atoms with Crippen LogP contribution in [-0.4, -0.2) is 105 Å². The van der Waals surface area contributed by atoms with E-state index in [9.17, 15) is 46.2 Å². The number of pyridine rings is 1. The molecular formula is C42H54F3N5O10S. The van der Waals surface area contributed by atoms with Crippen LogP contribution in [0, 0.1) is 11.3 Å². The number of carbonyl (C=O) groups is 4. The first-order chi connectivity index (χ1) is 28.3. The summed E-state index contributed by atoms with van der Waals surface area (Å²) in [5, 5.41) is 25.7.